The van der Waals surface area contributed by atoms with E-state index in [1.807, 2.05) is 22.7 Å². The van der Waals surface area contributed by atoms with Gasteiger partial charge in [0.1, 0.15) is 36.1 Å². The number of fused-ring (bicyclic) bond motifs is 5. The third kappa shape index (κ3) is 9.37. The van der Waals surface area contributed by atoms with Gasteiger partial charge in [-0.1, -0.05) is 30.2 Å². The number of amides is 3. The van der Waals surface area contributed by atoms with Crippen molar-refractivity contribution < 1.29 is 37.4 Å². The van der Waals surface area contributed by atoms with Gasteiger partial charge in [0.2, 0.25) is 11.8 Å². The van der Waals surface area contributed by atoms with Crippen molar-refractivity contribution in [1.82, 2.24) is 39.8 Å². The molecule has 3 aromatic carbocycles. The van der Waals surface area contributed by atoms with Gasteiger partial charge in [-0.3, -0.25) is 24.5 Å². The molecule has 18 heteroatoms. The summed E-state index contributed by atoms with van der Waals surface area (Å²) in [5.74, 6) is 2.15. The summed E-state index contributed by atoms with van der Waals surface area (Å²) >= 11 is 0. The molecule has 0 bridgehead atoms. The first-order valence-corrected chi connectivity index (χ1v) is 28.7. The molecule has 7 aliphatic heterocycles. The lowest BCUT2D eigenvalue weighted by Gasteiger charge is -2.40. The van der Waals surface area contributed by atoms with Gasteiger partial charge >= 0.3 is 12.1 Å². The van der Waals surface area contributed by atoms with Crippen LogP contribution in [0.2, 0.25) is 0 Å². The predicted molar refractivity (Wildman–Crippen MR) is 296 cm³/mol. The third-order valence-corrected chi connectivity index (χ3v) is 18.8. The molecule has 79 heavy (non-hydrogen) atoms. The first-order chi connectivity index (χ1) is 38.4. The maximum absolute atomic E-state index is 17.5. The number of anilines is 2. The number of likely N-dealkylation sites (tertiary alicyclic amines) is 1. The van der Waals surface area contributed by atoms with Gasteiger partial charge < -0.3 is 28.9 Å². The number of halogens is 2. The van der Waals surface area contributed by atoms with Gasteiger partial charge in [0, 0.05) is 80.4 Å². The molecule has 0 radical (unpaired) electrons. The van der Waals surface area contributed by atoms with E-state index in [-0.39, 0.29) is 64.4 Å². The summed E-state index contributed by atoms with van der Waals surface area (Å²) in [6.07, 6.45) is 17.4. The average Bonchev–Trinajstić information content (AvgIpc) is 4.15. The number of nitrogens with zero attached hydrogens (tertiary/aromatic N) is 9. The first-order valence-electron chi connectivity index (χ1n) is 28.7. The zero-order chi connectivity index (χ0) is 54.1. The molecule has 3 amide bonds. The van der Waals surface area contributed by atoms with Crippen LogP contribution in [-0.4, -0.2) is 135 Å². The second-order valence-corrected chi connectivity index (χ2v) is 23.5. The van der Waals surface area contributed by atoms with Crippen molar-refractivity contribution in [2.75, 3.05) is 69.0 Å². The molecule has 13 rings (SSSR count). The molecule has 6 saturated heterocycles. The maximum atomic E-state index is 17.5. The molecule has 6 aromatic rings. The monoisotopic (exact) mass is 1070 g/mol. The van der Waals surface area contributed by atoms with Crippen LogP contribution in [0.3, 0.4) is 0 Å². The van der Waals surface area contributed by atoms with E-state index in [2.05, 4.69) is 51.1 Å². The fraction of sp³-hybridized carbons (Fsp3) is 0.525. The Morgan fingerprint density at radius 1 is 0.924 bits per heavy atom. The van der Waals surface area contributed by atoms with Crippen molar-refractivity contribution in [1.29, 1.82) is 0 Å². The van der Waals surface area contributed by atoms with Crippen molar-refractivity contribution in [3.05, 3.63) is 77.1 Å². The minimum absolute atomic E-state index is 0.00462. The van der Waals surface area contributed by atoms with Crippen LogP contribution < -0.4 is 19.9 Å². The topological polar surface area (TPSA) is 160 Å². The molecule has 0 saturated carbocycles. The highest BCUT2D eigenvalue weighted by Crippen LogP contribution is 2.45. The van der Waals surface area contributed by atoms with Crippen LogP contribution in [0.4, 0.5) is 25.1 Å². The minimum atomic E-state index is -0.641. The summed E-state index contributed by atoms with van der Waals surface area (Å²) in [5.41, 5.74) is 3.86. The number of hydrogen-bond acceptors (Lipinski definition) is 13. The van der Waals surface area contributed by atoms with E-state index in [1.54, 1.807) is 18.2 Å². The zero-order valence-electron chi connectivity index (χ0n) is 45.2. The van der Waals surface area contributed by atoms with Crippen LogP contribution in [0, 0.1) is 35.8 Å². The van der Waals surface area contributed by atoms with E-state index in [0.717, 1.165) is 113 Å². The number of terminal acetylenes is 1. The predicted octanol–water partition coefficient (Wildman–Crippen LogP) is 8.97. The molecule has 6 atom stereocenters. The minimum Gasteiger partial charge on any atom is -0.461 e. The number of pyridine rings is 1. The molecule has 6 fully saturated rings. The quantitative estimate of drug-likeness (QED) is 0.102. The number of aryl methyl sites for hydroxylation is 2. The van der Waals surface area contributed by atoms with E-state index in [0.29, 0.717) is 104 Å². The highest BCUT2D eigenvalue weighted by Gasteiger charge is 2.50. The summed E-state index contributed by atoms with van der Waals surface area (Å²) in [7, 11) is 1.91. The zero-order valence-corrected chi connectivity index (χ0v) is 45.2. The number of piperidine rings is 3. The Bertz CT molecular complexity index is 3450. The standard InChI is InChI=1S/C61H68F2N10O6/c1-4-43-47(62)15-10-39-8-5-9-45(51(39)43)55-53(63)56-52-48(64-55)16-12-41-33-77-29-7-24-72(41)57(52)67-59(66-56)79-35-61-22-6-25-73(61)42(18-23-61)34-78-60(76)71-28-21-38(30-36(71)2)31-37-19-26-70(27-20-37)40-11-13-44-49(32-40)69(3)68-54(44)46-14-17-50(74)65-58(46)75/h1,5,8-11,13,15,32,36-38,41-42,46H,6-7,12,14,16-31,33-35H2,2-3H3,(H,65,74,75)/t36-,38+,41+,42+,46?,61+/m1/s1. The SMILES string of the molecule is C#Cc1c(F)ccc2cccc(-c3nc4c5c(nc(OC[C@@]67CCCN6[C@H](COC(=O)N6CC[C@H](CC8CCN(c9ccc%10c(C%11CCC(=O)NC%11=O)nn(C)c%10c9)CC8)C[C@H]6C)CC7)nc5c3F)N3CCCOC[C@@H]3CC4)c12. The highest BCUT2D eigenvalue weighted by molar-refractivity contribution is 6.04. The number of rotatable bonds is 10. The van der Waals surface area contributed by atoms with Crippen LogP contribution in [0.15, 0.2) is 48.5 Å². The van der Waals surface area contributed by atoms with Gasteiger partial charge in [0.25, 0.3) is 0 Å². The van der Waals surface area contributed by atoms with E-state index in [1.165, 1.54) is 6.07 Å². The Kier molecular flexibility index (Phi) is 13.6. The Morgan fingerprint density at radius 2 is 1.78 bits per heavy atom. The summed E-state index contributed by atoms with van der Waals surface area (Å²) in [6.45, 7) is 8.06. The average molecular weight is 1080 g/mol. The van der Waals surface area contributed by atoms with Crippen molar-refractivity contribution in [3.63, 3.8) is 0 Å². The van der Waals surface area contributed by atoms with E-state index in [9.17, 15) is 14.4 Å². The van der Waals surface area contributed by atoms with Gasteiger partial charge in [-0.15, -0.1) is 6.42 Å². The van der Waals surface area contributed by atoms with E-state index < -0.39 is 17.6 Å². The maximum Gasteiger partial charge on any atom is 0.410 e. The number of hydrogen-bond donors (Lipinski definition) is 1. The Morgan fingerprint density at radius 3 is 2.62 bits per heavy atom. The molecule has 3 aromatic heterocycles. The second-order valence-electron chi connectivity index (χ2n) is 23.5. The fourth-order valence-corrected chi connectivity index (χ4v) is 14.8. The molecular weight excluding hydrogens is 1010 g/mol. The molecular formula is C61H68F2N10O6. The van der Waals surface area contributed by atoms with Crippen LogP contribution in [-0.2, 0) is 32.5 Å². The Balaban J connectivity index is 0.642. The summed E-state index contributed by atoms with van der Waals surface area (Å²) in [5, 5.41) is 9.84. The van der Waals surface area contributed by atoms with E-state index >= 15 is 8.78 Å². The van der Waals surface area contributed by atoms with Gasteiger partial charge in [-0.2, -0.15) is 15.1 Å². The fourth-order valence-electron chi connectivity index (χ4n) is 14.8. The van der Waals surface area contributed by atoms with Crippen molar-refractivity contribution in [2.45, 2.75) is 126 Å². The number of nitrogens with one attached hydrogen (secondary N) is 1. The largest absolute Gasteiger partial charge is 0.461 e. The van der Waals surface area contributed by atoms with Crippen molar-refractivity contribution in [3.8, 4) is 29.6 Å². The lowest BCUT2D eigenvalue weighted by atomic mass is 9.81. The molecule has 10 heterocycles. The number of carbonyl (C=O) groups excluding carboxylic acids is 3. The van der Waals surface area contributed by atoms with Gasteiger partial charge in [-0.25, -0.2) is 18.6 Å². The smallest absolute Gasteiger partial charge is 0.410 e. The molecule has 1 N–H and O–H groups in total. The van der Waals surface area contributed by atoms with Crippen LogP contribution in [0.5, 0.6) is 6.01 Å². The Labute approximate surface area is 458 Å². The number of aromatic nitrogens is 5. The summed E-state index contributed by atoms with van der Waals surface area (Å²) in [4.78, 5) is 62.3. The first kappa shape index (κ1) is 51.5. The molecule has 7 aliphatic rings. The lowest BCUT2D eigenvalue weighted by Crippen LogP contribution is -2.49. The van der Waals surface area contributed by atoms with Crippen LogP contribution in [0.1, 0.15) is 113 Å². The van der Waals surface area contributed by atoms with Crippen molar-refractivity contribution >= 4 is 62.0 Å². The number of benzene rings is 3. The molecule has 0 spiro atoms. The molecule has 0 aliphatic carbocycles. The molecule has 1 unspecified atom stereocenters. The second kappa shape index (κ2) is 20.9. The molecule has 16 nitrogen and oxygen atoms in total. The van der Waals surface area contributed by atoms with Gasteiger partial charge in [0.05, 0.1) is 52.0 Å². The van der Waals surface area contributed by atoms with Gasteiger partial charge in [-0.05, 0) is 138 Å². The summed E-state index contributed by atoms with van der Waals surface area (Å²) < 4.78 is 53.4. The Hall–Kier alpha value is -6.97. The summed E-state index contributed by atoms with van der Waals surface area (Å²) in [6, 6.07) is 15.0. The lowest BCUT2D eigenvalue weighted by molar-refractivity contribution is -0.134. The van der Waals surface area contributed by atoms with Crippen molar-refractivity contribution in [2.24, 2.45) is 18.9 Å². The highest BCUT2D eigenvalue weighted by atomic mass is 19.1. The van der Waals surface area contributed by atoms with E-state index in [4.69, 9.17) is 40.7 Å². The number of imide groups is 1. The van der Waals surface area contributed by atoms with Crippen LogP contribution >= 0.6 is 0 Å². The number of carbonyl (C=O) groups is 3. The van der Waals surface area contributed by atoms with Crippen LogP contribution in [0.25, 0.3) is 43.8 Å². The molecule has 412 valence electrons. The number of ether oxygens (including phenoxy) is 3. The van der Waals surface area contributed by atoms with Gasteiger partial charge in [0.15, 0.2) is 5.82 Å². The third-order valence-electron chi connectivity index (χ3n) is 18.8. The normalized spacial score (nSPS) is 25.8.